The molecule has 0 bridgehead atoms. The van der Waals surface area contributed by atoms with Gasteiger partial charge >= 0.3 is 0 Å². The maximum absolute atomic E-state index is 13.0. The van der Waals surface area contributed by atoms with E-state index in [0.717, 1.165) is 16.9 Å². The van der Waals surface area contributed by atoms with E-state index in [-0.39, 0.29) is 11.7 Å². The molecule has 0 aromatic heterocycles. The quantitative estimate of drug-likeness (QED) is 0.853. The van der Waals surface area contributed by atoms with Crippen LogP contribution in [0, 0.1) is 5.82 Å². The maximum Gasteiger partial charge on any atom is 0.220 e. The number of halogens is 1. The summed E-state index contributed by atoms with van der Waals surface area (Å²) in [5.74, 6) is 0.568. The molecule has 2 aromatic rings. The fourth-order valence-electron chi connectivity index (χ4n) is 2.18. The lowest BCUT2D eigenvalue weighted by atomic mass is 10.1. The fraction of sp³-hybridized carbons (Fsp3) is 0.278. The Morgan fingerprint density at radius 2 is 1.86 bits per heavy atom. The van der Waals surface area contributed by atoms with Gasteiger partial charge in [0.05, 0.1) is 7.11 Å². The van der Waals surface area contributed by atoms with Gasteiger partial charge in [0.25, 0.3) is 0 Å². The monoisotopic (exact) mass is 301 g/mol. The first-order valence-corrected chi connectivity index (χ1v) is 7.31. The van der Waals surface area contributed by atoms with E-state index in [1.165, 1.54) is 12.1 Å². The van der Waals surface area contributed by atoms with Crippen molar-refractivity contribution >= 4 is 5.91 Å². The number of rotatable bonds is 7. The van der Waals surface area contributed by atoms with Crippen molar-refractivity contribution in [2.24, 2.45) is 0 Å². The van der Waals surface area contributed by atoms with Gasteiger partial charge in [-0.1, -0.05) is 24.3 Å². The van der Waals surface area contributed by atoms with E-state index in [1.807, 2.05) is 30.3 Å². The molecule has 1 amide bonds. The first-order valence-electron chi connectivity index (χ1n) is 7.31. The van der Waals surface area contributed by atoms with Crippen LogP contribution in [0.4, 0.5) is 4.39 Å². The topological polar surface area (TPSA) is 38.3 Å². The van der Waals surface area contributed by atoms with Crippen molar-refractivity contribution in [2.45, 2.75) is 19.3 Å². The van der Waals surface area contributed by atoms with Crippen LogP contribution in [0.5, 0.6) is 5.75 Å². The maximum atomic E-state index is 13.0. The summed E-state index contributed by atoms with van der Waals surface area (Å²) in [5.41, 5.74) is 1.98. The molecule has 116 valence electrons. The van der Waals surface area contributed by atoms with Crippen LogP contribution in [-0.2, 0) is 17.6 Å². The zero-order valence-corrected chi connectivity index (χ0v) is 12.6. The highest BCUT2D eigenvalue weighted by Crippen LogP contribution is 2.12. The molecule has 1 N–H and O–H groups in total. The number of nitrogens with one attached hydrogen (secondary N) is 1. The SMILES string of the molecule is COc1ccc(CCC(=O)NCCc2cccc(F)c2)cc1. The Hall–Kier alpha value is -2.36. The summed E-state index contributed by atoms with van der Waals surface area (Å²) in [4.78, 5) is 11.8. The lowest BCUT2D eigenvalue weighted by Gasteiger charge is -2.06. The van der Waals surface area contributed by atoms with Gasteiger partial charge < -0.3 is 10.1 Å². The Bertz CT molecular complexity index is 611. The second-order valence-electron chi connectivity index (χ2n) is 5.08. The molecule has 0 saturated heterocycles. The number of hydrogen-bond donors (Lipinski definition) is 1. The van der Waals surface area contributed by atoms with Crippen LogP contribution in [0.25, 0.3) is 0 Å². The van der Waals surface area contributed by atoms with Gasteiger partial charge in [-0.15, -0.1) is 0 Å². The van der Waals surface area contributed by atoms with E-state index in [2.05, 4.69) is 5.32 Å². The minimum absolute atomic E-state index is 0.00669. The molecule has 2 rings (SSSR count). The highest BCUT2D eigenvalue weighted by Gasteiger charge is 2.03. The van der Waals surface area contributed by atoms with Gasteiger partial charge in [-0.25, -0.2) is 4.39 Å². The first-order chi connectivity index (χ1) is 10.7. The van der Waals surface area contributed by atoms with Crippen LogP contribution in [0.15, 0.2) is 48.5 Å². The van der Waals surface area contributed by atoms with Crippen LogP contribution in [0.1, 0.15) is 17.5 Å². The van der Waals surface area contributed by atoms with Crippen molar-refractivity contribution < 1.29 is 13.9 Å². The molecule has 0 heterocycles. The minimum Gasteiger partial charge on any atom is -0.497 e. The summed E-state index contributed by atoms with van der Waals surface area (Å²) < 4.78 is 18.1. The normalized spacial score (nSPS) is 10.3. The standard InChI is InChI=1S/C18H20FNO2/c1-22-17-8-5-14(6-9-17)7-10-18(21)20-12-11-15-3-2-4-16(19)13-15/h2-6,8-9,13H,7,10-12H2,1H3,(H,20,21). The zero-order chi connectivity index (χ0) is 15.8. The number of ether oxygens (including phenoxy) is 1. The Morgan fingerprint density at radius 1 is 1.09 bits per heavy atom. The third kappa shape index (κ3) is 5.20. The summed E-state index contributed by atoms with van der Waals surface area (Å²) in [6, 6.07) is 14.1. The largest absolute Gasteiger partial charge is 0.497 e. The molecule has 2 aromatic carbocycles. The molecule has 0 radical (unpaired) electrons. The van der Waals surface area contributed by atoms with Crippen LogP contribution < -0.4 is 10.1 Å². The average molecular weight is 301 g/mol. The average Bonchev–Trinajstić information content (AvgIpc) is 2.53. The zero-order valence-electron chi connectivity index (χ0n) is 12.6. The van der Waals surface area contributed by atoms with E-state index in [0.29, 0.717) is 25.8 Å². The van der Waals surface area contributed by atoms with Crippen LogP contribution in [-0.4, -0.2) is 19.6 Å². The Balaban J connectivity index is 1.69. The van der Waals surface area contributed by atoms with Gasteiger partial charge in [0, 0.05) is 13.0 Å². The van der Waals surface area contributed by atoms with E-state index < -0.39 is 0 Å². The van der Waals surface area contributed by atoms with Gasteiger partial charge in [0.1, 0.15) is 11.6 Å². The number of benzene rings is 2. The van der Waals surface area contributed by atoms with Gasteiger partial charge in [-0.05, 0) is 48.2 Å². The van der Waals surface area contributed by atoms with Crippen LogP contribution >= 0.6 is 0 Å². The second kappa shape index (κ2) is 8.17. The third-order valence-corrected chi connectivity index (χ3v) is 3.42. The summed E-state index contributed by atoms with van der Waals surface area (Å²) in [6.07, 6.45) is 1.76. The Morgan fingerprint density at radius 3 is 2.55 bits per heavy atom. The van der Waals surface area contributed by atoms with Crippen LogP contribution in [0.3, 0.4) is 0 Å². The summed E-state index contributed by atoms with van der Waals surface area (Å²) >= 11 is 0. The van der Waals surface area contributed by atoms with Crippen molar-refractivity contribution in [3.05, 3.63) is 65.5 Å². The number of hydrogen-bond acceptors (Lipinski definition) is 2. The van der Waals surface area contributed by atoms with Gasteiger partial charge in [-0.2, -0.15) is 0 Å². The van der Waals surface area contributed by atoms with E-state index in [1.54, 1.807) is 13.2 Å². The van der Waals surface area contributed by atoms with Crippen molar-refractivity contribution in [1.82, 2.24) is 5.32 Å². The molecular formula is C18H20FNO2. The van der Waals surface area contributed by atoms with Gasteiger partial charge in [-0.3, -0.25) is 4.79 Å². The number of carbonyl (C=O) groups is 1. The predicted octanol–water partition coefficient (Wildman–Crippen LogP) is 3.13. The second-order valence-corrected chi connectivity index (χ2v) is 5.08. The lowest BCUT2D eigenvalue weighted by Crippen LogP contribution is -2.25. The van der Waals surface area contributed by atoms with E-state index >= 15 is 0 Å². The number of methoxy groups -OCH3 is 1. The van der Waals surface area contributed by atoms with Gasteiger partial charge in [0.15, 0.2) is 0 Å². The van der Waals surface area contributed by atoms with Crippen molar-refractivity contribution in [2.75, 3.05) is 13.7 Å². The summed E-state index contributed by atoms with van der Waals surface area (Å²) in [6.45, 7) is 0.519. The van der Waals surface area contributed by atoms with E-state index in [4.69, 9.17) is 4.74 Å². The number of amides is 1. The summed E-state index contributed by atoms with van der Waals surface area (Å²) in [7, 11) is 1.63. The molecule has 0 aliphatic rings. The lowest BCUT2D eigenvalue weighted by molar-refractivity contribution is -0.121. The van der Waals surface area contributed by atoms with Crippen molar-refractivity contribution in [1.29, 1.82) is 0 Å². The molecule has 3 nitrogen and oxygen atoms in total. The molecule has 0 atom stereocenters. The molecule has 0 fully saturated rings. The molecule has 22 heavy (non-hydrogen) atoms. The molecule has 0 aliphatic heterocycles. The molecule has 0 aliphatic carbocycles. The smallest absolute Gasteiger partial charge is 0.220 e. The van der Waals surface area contributed by atoms with Crippen molar-refractivity contribution in [3.8, 4) is 5.75 Å². The fourth-order valence-corrected chi connectivity index (χ4v) is 2.18. The highest BCUT2D eigenvalue weighted by atomic mass is 19.1. The molecule has 0 spiro atoms. The van der Waals surface area contributed by atoms with Gasteiger partial charge in [0.2, 0.25) is 5.91 Å². The number of carbonyl (C=O) groups excluding carboxylic acids is 1. The first kappa shape index (κ1) is 16.0. The van der Waals surface area contributed by atoms with E-state index in [9.17, 15) is 9.18 Å². The predicted molar refractivity (Wildman–Crippen MR) is 84.4 cm³/mol. The Kier molecular flexibility index (Phi) is 5.95. The highest BCUT2D eigenvalue weighted by molar-refractivity contribution is 5.76. The minimum atomic E-state index is -0.247. The third-order valence-electron chi connectivity index (χ3n) is 3.42. The van der Waals surface area contributed by atoms with Crippen LogP contribution in [0.2, 0.25) is 0 Å². The van der Waals surface area contributed by atoms with Crippen molar-refractivity contribution in [3.63, 3.8) is 0 Å². The summed E-state index contributed by atoms with van der Waals surface area (Å²) in [5, 5.41) is 2.86. The molecule has 4 heteroatoms. The molecule has 0 saturated carbocycles. The number of aryl methyl sites for hydroxylation is 1. The molecule has 0 unspecified atom stereocenters. The Labute approximate surface area is 130 Å². The molecular weight excluding hydrogens is 281 g/mol.